The molecule has 0 amide bonds. The fourth-order valence-electron chi connectivity index (χ4n) is 6.75. The van der Waals surface area contributed by atoms with Crippen molar-refractivity contribution < 1.29 is 4.57 Å². The molecule has 1 unspecified atom stereocenters. The van der Waals surface area contributed by atoms with Gasteiger partial charge in [-0.3, -0.25) is 0 Å². The minimum atomic E-state index is -0.125. The van der Waals surface area contributed by atoms with Gasteiger partial charge >= 0.3 is 5.65 Å². The summed E-state index contributed by atoms with van der Waals surface area (Å²) >= 11 is 0. The summed E-state index contributed by atoms with van der Waals surface area (Å²) in [5.41, 5.74) is 7.04. The number of pyridine rings is 1. The topological polar surface area (TPSA) is 34.1 Å². The first-order valence-electron chi connectivity index (χ1n) is 13.1. The zero-order chi connectivity index (χ0) is 24.8. The minimum absolute atomic E-state index is 0.00382. The van der Waals surface area contributed by atoms with Crippen molar-refractivity contribution in [2.75, 3.05) is 0 Å². The van der Waals surface area contributed by atoms with E-state index in [2.05, 4.69) is 109 Å². The van der Waals surface area contributed by atoms with Gasteiger partial charge in [0, 0.05) is 21.9 Å². The fraction of sp³-hybridized carbons (Fsp3) is 0.567. The Bertz CT molecular complexity index is 1440. The van der Waals surface area contributed by atoms with Gasteiger partial charge in [-0.1, -0.05) is 74.4 Å². The third-order valence-corrected chi connectivity index (χ3v) is 8.81. The summed E-state index contributed by atoms with van der Waals surface area (Å²) in [6, 6.07) is 11.3. The summed E-state index contributed by atoms with van der Waals surface area (Å²) in [5, 5.41) is 1.24. The van der Waals surface area contributed by atoms with Gasteiger partial charge in [-0.2, -0.15) is 9.38 Å². The molecule has 180 valence electrons. The molecule has 0 bridgehead atoms. The first-order chi connectivity index (χ1) is 15.9. The fourth-order valence-corrected chi connectivity index (χ4v) is 6.75. The molecule has 4 nitrogen and oxygen atoms in total. The predicted octanol–water partition coefficient (Wildman–Crippen LogP) is 7.11. The molecule has 0 saturated carbocycles. The maximum absolute atomic E-state index is 5.35. The van der Waals surface area contributed by atoms with Gasteiger partial charge in [-0.25, -0.2) is 9.55 Å². The van der Waals surface area contributed by atoms with E-state index in [4.69, 9.17) is 9.97 Å². The molecule has 0 spiro atoms. The van der Waals surface area contributed by atoms with E-state index in [1.807, 2.05) is 0 Å². The molecule has 1 aliphatic rings. The molecule has 4 heteroatoms. The van der Waals surface area contributed by atoms with Crippen LogP contribution in [0.3, 0.4) is 0 Å². The van der Waals surface area contributed by atoms with E-state index < -0.39 is 0 Å². The summed E-state index contributed by atoms with van der Waals surface area (Å²) in [7, 11) is 0. The molecule has 0 saturated heterocycles. The maximum atomic E-state index is 5.35. The molecule has 0 aliphatic carbocycles. The summed E-state index contributed by atoms with van der Waals surface area (Å²) in [5.74, 6) is 1.08. The van der Waals surface area contributed by atoms with Crippen LogP contribution >= 0.6 is 0 Å². The van der Waals surface area contributed by atoms with Crippen LogP contribution < -0.4 is 4.57 Å². The third kappa shape index (κ3) is 2.69. The van der Waals surface area contributed by atoms with Crippen molar-refractivity contribution in [3.63, 3.8) is 0 Å². The number of nitrogens with zero attached hydrogens (tertiary/aromatic N) is 4. The molecular formula is C30H41N4+. The van der Waals surface area contributed by atoms with Gasteiger partial charge < -0.3 is 0 Å². The summed E-state index contributed by atoms with van der Waals surface area (Å²) < 4.78 is 5.11. The largest absolute Gasteiger partial charge is 0.300 e. The quantitative estimate of drug-likeness (QED) is 0.307. The van der Waals surface area contributed by atoms with Crippen molar-refractivity contribution in [1.82, 2.24) is 14.4 Å². The third-order valence-electron chi connectivity index (χ3n) is 8.81. The Morgan fingerprint density at radius 3 is 2.09 bits per heavy atom. The van der Waals surface area contributed by atoms with E-state index in [1.54, 1.807) is 0 Å². The normalized spacial score (nSPS) is 20.2. The van der Waals surface area contributed by atoms with Gasteiger partial charge in [-0.15, -0.1) is 0 Å². The zero-order valence-corrected chi connectivity index (χ0v) is 22.8. The van der Waals surface area contributed by atoms with Gasteiger partial charge in [0.1, 0.15) is 10.9 Å². The highest BCUT2D eigenvalue weighted by atomic mass is 15.2. The van der Waals surface area contributed by atoms with E-state index in [9.17, 15) is 0 Å². The lowest BCUT2D eigenvalue weighted by atomic mass is 9.59. The monoisotopic (exact) mass is 457 g/mol. The molecule has 0 fully saturated rings. The highest BCUT2D eigenvalue weighted by Crippen LogP contribution is 2.52. The average molecular weight is 458 g/mol. The van der Waals surface area contributed by atoms with Crippen molar-refractivity contribution in [3.05, 3.63) is 47.4 Å². The van der Waals surface area contributed by atoms with Crippen LogP contribution in [-0.4, -0.2) is 14.4 Å². The van der Waals surface area contributed by atoms with E-state index in [-0.39, 0.29) is 21.8 Å². The second-order valence-electron chi connectivity index (χ2n) is 12.6. The Labute approximate surface area is 204 Å². The maximum Gasteiger partial charge on any atom is 0.300 e. The second kappa shape index (κ2) is 7.02. The Kier molecular flexibility index (Phi) is 4.80. The average Bonchev–Trinajstić information content (AvgIpc) is 3.13. The van der Waals surface area contributed by atoms with Gasteiger partial charge in [0.05, 0.1) is 0 Å². The Morgan fingerprint density at radius 1 is 0.882 bits per heavy atom. The lowest BCUT2D eigenvalue weighted by molar-refractivity contribution is -0.729. The first kappa shape index (κ1) is 23.3. The van der Waals surface area contributed by atoms with Crippen LogP contribution in [0.1, 0.15) is 106 Å². The van der Waals surface area contributed by atoms with E-state index >= 15 is 0 Å². The molecule has 1 aliphatic heterocycles. The van der Waals surface area contributed by atoms with Crippen LogP contribution in [0, 0.1) is 0 Å². The molecule has 5 rings (SSSR count). The summed E-state index contributed by atoms with van der Waals surface area (Å²) in [4.78, 5) is 10.6. The van der Waals surface area contributed by atoms with Crippen molar-refractivity contribution >= 4 is 27.7 Å². The number of aromatic nitrogens is 4. The van der Waals surface area contributed by atoms with Crippen molar-refractivity contribution in [2.24, 2.45) is 0 Å². The molecule has 34 heavy (non-hydrogen) atoms. The molecule has 0 radical (unpaired) electrons. The number of imidazole rings is 1. The molecule has 1 atom stereocenters. The molecular weight excluding hydrogens is 416 g/mol. The number of hydrogen-bond acceptors (Lipinski definition) is 2. The van der Waals surface area contributed by atoms with Crippen LogP contribution in [0.2, 0.25) is 0 Å². The highest BCUT2D eigenvalue weighted by Gasteiger charge is 2.57. The zero-order valence-electron chi connectivity index (χ0n) is 22.8. The highest BCUT2D eigenvalue weighted by molar-refractivity contribution is 5.96. The number of hydrogen-bond donors (Lipinski definition) is 0. The Balaban J connectivity index is 2.19. The molecule has 4 heterocycles. The SMILES string of the molecule is CCC1(CC)c2cc(C(C)(C)C)nc3nc(C(C)(C)C)n4c5ccccc5[n+](c4c23)C1(C)CC. The van der Waals surface area contributed by atoms with Gasteiger partial charge in [-0.05, 0) is 49.9 Å². The van der Waals surface area contributed by atoms with Crippen LogP contribution in [0.4, 0.5) is 0 Å². The molecule has 3 aromatic heterocycles. The lowest BCUT2D eigenvalue weighted by Gasteiger charge is -2.49. The molecule has 1 aromatic carbocycles. The minimum Gasteiger partial charge on any atom is -0.232 e. The summed E-state index contributed by atoms with van der Waals surface area (Å²) in [6.07, 6.45) is 3.22. The van der Waals surface area contributed by atoms with E-state index in [1.165, 1.54) is 27.6 Å². The molecule has 0 N–H and O–H groups in total. The van der Waals surface area contributed by atoms with Crippen LogP contribution in [0.25, 0.3) is 27.7 Å². The van der Waals surface area contributed by atoms with Crippen LogP contribution in [0.5, 0.6) is 0 Å². The smallest absolute Gasteiger partial charge is 0.232 e. The molecule has 4 aromatic rings. The van der Waals surface area contributed by atoms with E-state index in [0.29, 0.717) is 0 Å². The van der Waals surface area contributed by atoms with E-state index in [0.717, 1.165) is 36.4 Å². The summed E-state index contributed by atoms with van der Waals surface area (Å²) in [6.45, 7) is 23.2. The van der Waals surface area contributed by atoms with Crippen LogP contribution in [-0.2, 0) is 21.8 Å². The number of para-hydroxylation sites is 2. The Hall–Kier alpha value is -2.49. The first-order valence-corrected chi connectivity index (χ1v) is 13.1. The van der Waals surface area contributed by atoms with Crippen molar-refractivity contribution in [3.8, 4) is 0 Å². The van der Waals surface area contributed by atoms with Gasteiger partial charge in [0.15, 0.2) is 16.7 Å². The second-order valence-corrected chi connectivity index (χ2v) is 12.6. The van der Waals surface area contributed by atoms with Gasteiger partial charge in [0.2, 0.25) is 5.82 Å². The standard InChI is InChI=1S/C30H41N4/c1-11-29(10)30(12-2,13-3)19-18-22(27(4,5)6)31-24-23(19)25-33(26(32-24)28(7,8)9)20-16-14-15-17-21(20)34(25)29/h14-18H,11-13H2,1-10H3/q+1. The number of rotatable bonds is 3. The van der Waals surface area contributed by atoms with Crippen molar-refractivity contribution in [2.45, 2.75) is 110 Å². The van der Waals surface area contributed by atoms with Crippen molar-refractivity contribution in [1.29, 1.82) is 0 Å². The van der Waals surface area contributed by atoms with Crippen LogP contribution in [0.15, 0.2) is 30.3 Å². The number of benzene rings is 1. The Morgan fingerprint density at radius 2 is 1.53 bits per heavy atom. The number of fused-ring (bicyclic) bond motifs is 3. The lowest BCUT2D eigenvalue weighted by Crippen LogP contribution is -2.67. The predicted molar refractivity (Wildman–Crippen MR) is 142 cm³/mol. The van der Waals surface area contributed by atoms with Gasteiger partial charge in [0.25, 0.3) is 0 Å².